The fourth-order valence-corrected chi connectivity index (χ4v) is 2.73. The predicted molar refractivity (Wildman–Crippen MR) is 96.5 cm³/mol. The van der Waals surface area contributed by atoms with Gasteiger partial charge in [-0.05, 0) is 18.6 Å². The van der Waals surface area contributed by atoms with Crippen molar-refractivity contribution in [2.75, 3.05) is 11.9 Å². The molecule has 0 aliphatic carbocycles. The van der Waals surface area contributed by atoms with E-state index in [1.165, 1.54) is 0 Å². The summed E-state index contributed by atoms with van der Waals surface area (Å²) in [4.78, 5) is 16.5. The molecule has 1 N–H and O–H groups in total. The molecule has 0 aliphatic rings. The summed E-state index contributed by atoms with van der Waals surface area (Å²) in [6.45, 7) is 2.67. The summed E-state index contributed by atoms with van der Waals surface area (Å²) in [5, 5.41) is 5.68. The number of hydrogen-bond donors (Lipinski definition) is 1. The Kier molecular flexibility index (Phi) is 4.96. The van der Waals surface area contributed by atoms with E-state index >= 15 is 0 Å². The third kappa shape index (κ3) is 3.34. The summed E-state index contributed by atoms with van der Waals surface area (Å²) in [5.74, 6) is 0.345. The van der Waals surface area contributed by atoms with Crippen LogP contribution in [0.1, 0.15) is 22.8 Å². The van der Waals surface area contributed by atoms with Gasteiger partial charge in [-0.2, -0.15) is 0 Å². The van der Waals surface area contributed by atoms with Crippen LogP contribution in [0.2, 0.25) is 5.02 Å². The van der Waals surface area contributed by atoms with Crippen molar-refractivity contribution in [1.29, 1.82) is 0 Å². The fraction of sp³-hybridized carbons (Fsp3) is 0.158. The first-order chi connectivity index (χ1) is 11.7. The largest absolute Gasteiger partial charge is 0.462 e. The van der Waals surface area contributed by atoms with Gasteiger partial charge in [0.05, 0.1) is 12.2 Å². The van der Waals surface area contributed by atoms with Crippen LogP contribution in [-0.4, -0.2) is 17.6 Å². The molecule has 122 valence electrons. The number of benzene rings is 2. The fourth-order valence-electron chi connectivity index (χ4n) is 2.53. The molecule has 0 unspecified atom stereocenters. The van der Waals surface area contributed by atoms with Crippen LogP contribution < -0.4 is 5.32 Å². The Morgan fingerprint density at radius 3 is 2.58 bits per heavy atom. The lowest BCUT2D eigenvalue weighted by Crippen LogP contribution is -2.08. The number of pyridine rings is 1. The number of fused-ring (bicyclic) bond motifs is 1. The second-order valence-electron chi connectivity index (χ2n) is 5.23. The lowest BCUT2D eigenvalue weighted by atomic mass is 10.1. The molecule has 5 heteroatoms. The number of aromatic nitrogens is 1. The normalized spacial score (nSPS) is 10.6. The maximum absolute atomic E-state index is 12.1. The average molecular weight is 341 g/mol. The van der Waals surface area contributed by atoms with E-state index in [-0.39, 0.29) is 5.97 Å². The molecule has 0 aliphatic heterocycles. The van der Waals surface area contributed by atoms with Crippen LogP contribution in [-0.2, 0) is 11.3 Å². The number of nitrogens with one attached hydrogen (secondary N) is 1. The van der Waals surface area contributed by atoms with Crippen LogP contribution in [0.4, 0.5) is 5.82 Å². The van der Waals surface area contributed by atoms with Gasteiger partial charge in [-0.25, -0.2) is 9.78 Å². The van der Waals surface area contributed by atoms with Crippen molar-refractivity contribution >= 4 is 34.2 Å². The molecule has 0 radical (unpaired) electrons. The minimum Gasteiger partial charge on any atom is -0.462 e. The second kappa shape index (κ2) is 7.32. The van der Waals surface area contributed by atoms with Gasteiger partial charge in [0, 0.05) is 28.5 Å². The predicted octanol–water partition coefficient (Wildman–Crippen LogP) is 4.68. The lowest BCUT2D eigenvalue weighted by Gasteiger charge is -2.12. The highest BCUT2D eigenvalue weighted by atomic mass is 35.5. The molecule has 1 aromatic heterocycles. The van der Waals surface area contributed by atoms with Crippen LogP contribution in [0.15, 0.2) is 54.7 Å². The molecule has 0 bridgehead atoms. The highest BCUT2D eigenvalue weighted by molar-refractivity contribution is 6.31. The third-order valence-electron chi connectivity index (χ3n) is 3.69. The van der Waals surface area contributed by atoms with Crippen LogP contribution in [0.25, 0.3) is 10.8 Å². The first-order valence-corrected chi connectivity index (χ1v) is 8.10. The molecule has 4 nitrogen and oxygen atoms in total. The van der Waals surface area contributed by atoms with Gasteiger partial charge in [-0.3, -0.25) is 0 Å². The van der Waals surface area contributed by atoms with Crippen molar-refractivity contribution in [2.45, 2.75) is 13.5 Å². The number of anilines is 1. The van der Waals surface area contributed by atoms with Crippen molar-refractivity contribution in [3.05, 3.63) is 70.9 Å². The Bertz CT molecular complexity index is 880. The molecule has 3 aromatic rings. The number of nitrogens with zero attached hydrogens (tertiary/aromatic N) is 1. The number of carbonyl (C=O) groups is 1. The number of rotatable bonds is 5. The summed E-state index contributed by atoms with van der Waals surface area (Å²) in [6.07, 6.45) is 1.55. The number of esters is 1. The molecule has 0 amide bonds. The smallest absolute Gasteiger partial charge is 0.340 e. The van der Waals surface area contributed by atoms with Crippen molar-refractivity contribution in [1.82, 2.24) is 4.98 Å². The molecule has 0 spiro atoms. The van der Waals surface area contributed by atoms with Gasteiger partial charge in [-0.1, -0.05) is 54.1 Å². The topological polar surface area (TPSA) is 51.2 Å². The van der Waals surface area contributed by atoms with E-state index in [0.717, 1.165) is 16.3 Å². The van der Waals surface area contributed by atoms with Crippen molar-refractivity contribution < 1.29 is 9.53 Å². The molecule has 1 heterocycles. The summed E-state index contributed by atoms with van der Waals surface area (Å²) in [6, 6.07) is 15.3. The minimum absolute atomic E-state index is 0.333. The summed E-state index contributed by atoms with van der Waals surface area (Å²) >= 11 is 6.19. The van der Waals surface area contributed by atoms with Crippen molar-refractivity contribution in [3.8, 4) is 0 Å². The number of carbonyl (C=O) groups excluding carboxylic acids is 1. The van der Waals surface area contributed by atoms with E-state index in [2.05, 4.69) is 10.3 Å². The molecular weight excluding hydrogens is 324 g/mol. The molecule has 2 aromatic carbocycles. The third-order valence-corrected chi connectivity index (χ3v) is 4.06. The Balaban J connectivity index is 1.94. The highest BCUT2D eigenvalue weighted by Crippen LogP contribution is 2.26. The Labute approximate surface area is 145 Å². The van der Waals surface area contributed by atoms with Crippen molar-refractivity contribution in [3.63, 3.8) is 0 Å². The monoisotopic (exact) mass is 340 g/mol. The van der Waals surface area contributed by atoms with Crippen molar-refractivity contribution in [2.24, 2.45) is 0 Å². The highest BCUT2D eigenvalue weighted by Gasteiger charge is 2.14. The van der Waals surface area contributed by atoms with E-state index in [1.54, 1.807) is 13.1 Å². The van der Waals surface area contributed by atoms with Gasteiger partial charge < -0.3 is 10.1 Å². The van der Waals surface area contributed by atoms with Gasteiger partial charge >= 0.3 is 5.97 Å². The summed E-state index contributed by atoms with van der Waals surface area (Å²) in [7, 11) is 0. The van der Waals surface area contributed by atoms with Crippen LogP contribution in [0.3, 0.4) is 0 Å². The molecule has 3 rings (SSSR count). The van der Waals surface area contributed by atoms with E-state index in [9.17, 15) is 4.79 Å². The Morgan fingerprint density at radius 1 is 1.12 bits per heavy atom. The Morgan fingerprint density at radius 2 is 1.83 bits per heavy atom. The molecule has 24 heavy (non-hydrogen) atoms. The zero-order valence-electron chi connectivity index (χ0n) is 13.3. The first kappa shape index (κ1) is 16.3. The molecular formula is C19H17ClN2O2. The standard InChI is InChI=1S/C19H17ClN2O2/c1-2-24-19(23)16-12-22-18(15-9-5-4-8-14(15)16)21-11-13-7-3-6-10-17(13)20/h3-10,12H,2,11H2,1H3,(H,21,22). The maximum Gasteiger partial charge on any atom is 0.340 e. The van der Waals surface area contributed by atoms with Gasteiger partial charge in [0.25, 0.3) is 0 Å². The number of ether oxygens (including phenoxy) is 1. The van der Waals surface area contributed by atoms with E-state index in [0.29, 0.717) is 29.6 Å². The molecule has 0 fully saturated rings. The zero-order chi connectivity index (χ0) is 16.9. The maximum atomic E-state index is 12.1. The SMILES string of the molecule is CCOC(=O)c1cnc(NCc2ccccc2Cl)c2ccccc12. The summed E-state index contributed by atoms with van der Waals surface area (Å²) in [5.41, 5.74) is 1.45. The molecule has 0 saturated carbocycles. The number of hydrogen-bond acceptors (Lipinski definition) is 4. The average Bonchev–Trinajstić information content (AvgIpc) is 2.61. The van der Waals surface area contributed by atoms with Crippen LogP contribution in [0, 0.1) is 0 Å². The zero-order valence-corrected chi connectivity index (χ0v) is 14.0. The van der Waals surface area contributed by atoms with E-state index < -0.39 is 0 Å². The molecule has 0 atom stereocenters. The first-order valence-electron chi connectivity index (χ1n) is 7.73. The van der Waals surface area contributed by atoms with Crippen LogP contribution in [0.5, 0.6) is 0 Å². The molecule has 0 saturated heterocycles. The van der Waals surface area contributed by atoms with Gasteiger partial charge in [0.15, 0.2) is 0 Å². The number of halogens is 1. The van der Waals surface area contributed by atoms with Gasteiger partial charge in [0.2, 0.25) is 0 Å². The Hall–Kier alpha value is -2.59. The quantitative estimate of drug-likeness (QED) is 0.685. The van der Waals surface area contributed by atoms with E-state index in [1.807, 2.05) is 48.5 Å². The second-order valence-corrected chi connectivity index (χ2v) is 5.64. The minimum atomic E-state index is -0.362. The van der Waals surface area contributed by atoms with Crippen LogP contribution >= 0.6 is 11.6 Å². The van der Waals surface area contributed by atoms with Gasteiger partial charge in [-0.15, -0.1) is 0 Å². The summed E-state index contributed by atoms with van der Waals surface area (Å²) < 4.78 is 5.10. The lowest BCUT2D eigenvalue weighted by molar-refractivity contribution is 0.0528. The van der Waals surface area contributed by atoms with E-state index in [4.69, 9.17) is 16.3 Å². The van der Waals surface area contributed by atoms with Gasteiger partial charge in [0.1, 0.15) is 5.82 Å².